The Bertz CT molecular complexity index is 1080. The molecule has 3 aromatic rings. The minimum atomic E-state index is -0.366. The first-order valence-electron chi connectivity index (χ1n) is 12.8. The van der Waals surface area contributed by atoms with Crippen LogP contribution in [0.25, 0.3) is 0 Å². The van der Waals surface area contributed by atoms with E-state index in [1.54, 1.807) is 0 Å². The van der Waals surface area contributed by atoms with E-state index in [4.69, 9.17) is 0 Å². The van der Waals surface area contributed by atoms with Crippen LogP contribution in [-0.2, 0) is 28.9 Å². The highest BCUT2D eigenvalue weighted by Crippen LogP contribution is 2.26. The fourth-order valence-corrected chi connectivity index (χ4v) is 5.09. The van der Waals surface area contributed by atoms with Crippen molar-refractivity contribution in [1.29, 1.82) is 0 Å². The highest BCUT2D eigenvalue weighted by atomic mass is 16.2. The number of benzene rings is 3. The summed E-state index contributed by atoms with van der Waals surface area (Å²) in [6.07, 6.45) is 3.20. The minimum absolute atomic E-state index is 0.00611. The molecule has 182 valence electrons. The van der Waals surface area contributed by atoms with Crippen molar-refractivity contribution in [2.75, 3.05) is 13.1 Å². The van der Waals surface area contributed by atoms with Crippen molar-refractivity contribution in [2.24, 2.45) is 5.92 Å². The van der Waals surface area contributed by atoms with Crippen LogP contribution in [0.15, 0.2) is 91.0 Å². The van der Waals surface area contributed by atoms with Crippen LogP contribution in [0.3, 0.4) is 0 Å². The van der Waals surface area contributed by atoms with E-state index in [1.807, 2.05) is 64.4 Å². The average molecular weight is 469 g/mol. The van der Waals surface area contributed by atoms with Crippen molar-refractivity contribution in [2.45, 2.75) is 51.6 Å². The molecule has 0 N–H and O–H groups in total. The summed E-state index contributed by atoms with van der Waals surface area (Å²) in [4.78, 5) is 30.8. The third-order valence-corrected chi connectivity index (χ3v) is 7.34. The molecule has 3 aromatic carbocycles. The molecule has 1 saturated heterocycles. The van der Waals surface area contributed by atoms with Crippen molar-refractivity contribution in [3.8, 4) is 0 Å². The number of carbonyl (C=O) groups is 2. The van der Waals surface area contributed by atoms with Gasteiger partial charge >= 0.3 is 11.8 Å². The zero-order valence-electron chi connectivity index (χ0n) is 20.8. The topological polar surface area (TPSA) is 40.6 Å². The van der Waals surface area contributed by atoms with E-state index in [9.17, 15) is 9.59 Å². The van der Waals surface area contributed by atoms with Gasteiger partial charge in [-0.15, -0.1) is 0 Å². The van der Waals surface area contributed by atoms with Gasteiger partial charge in [-0.3, -0.25) is 9.59 Å². The molecule has 4 rings (SSSR count). The predicted octanol–water partition coefficient (Wildman–Crippen LogP) is 5.17. The van der Waals surface area contributed by atoms with Gasteiger partial charge in [0.05, 0.1) is 6.04 Å². The van der Waals surface area contributed by atoms with Gasteiger partial charge in [-0.25, -0.2) is 0 Å². The average Bonchev–Trinajstić information content (AvgIpc) is 2.90. The summed E-state index contributed by atoms with van der Waals surface area (Å²) in [5.41, 5.74) is 3.56. The Morgan fingerprint density at radius 2 is 1.31 bits per heavy atom. The van der Waals surface area contributed by atoms with Crippen LogP contribution in [0, 0.1) is 5.92 Å². The Labute approximate surface area is 209 Å². The van der Waals surface area contributed by atoms with Crippen LogP contribution in [0.2, 0.25) is 0 Å². The molecule has 35 heavy (non-hydrogen) atoms. The highest BCUT2D eigenvalue weighted by molar-refractivity contribution is 6.35. The summed E-state index contributed by atoms with van der Waals surface area (Å²) < 4.78 is 0. The smallest absolute Gasteiger partial charge is 0.312 e. The molecule has 0 aromatic heterocycles. The Morgan fingerprint density at radius 1 is 0.771 bits per heavy atom. The molecule has 1 fully saturated rings. The van der Waals surface area contributed by atoms with Crippen LogP contribution in [0.5, 0.6) is 0 Å². The Hall–Kier alpha value is -3.40. The van der Waals surface area contributed by atoms with Gasteiger partial charge in [0.1, 0.15) is 0 Å². The number of amides is 2. The molecule has 3 atom stereocenters. The first kappa shape index (κ1) is 24.7. The quantitative estimate of drug-likeness (QED) is 0.385. The second-order valence-corrected chi connectivity index (χ2v) is 9.68. The van der Waals surface area contributed by atoms with Gasteiger partial charge in [-0.1, -0.05) is 111 Å². The summed E-state index contributed by atoms with van der Waals surface area (Å²) >= 11 is 0. The maximum absolute atomic E-state index is 13.6. The normalized spacial score (nSPS) is 17.9. The van der Waals surface area contributed by atoms with Crippen LogP contribution in [-0.4, -0.2) is 46.8 Å². The van der Waals surface area contributed by atoms with E-state index in [-0.39, 0.29) is 23.9 Å². The molecule has 1 aliphatic heterocycles. The lowest BCUT2D eigenvalue weighted by atomic mass is 9.89. The number of carbonyl (C=O) groups excluding carboxylic acids is 2. The third-order valence-electron chi connectivity index (χ3n) is 7.34. The summed E-state index contributed by atoms with van der Waals surface area (Å²) in [6, 6.07) is 30.7. The number of piperazine rings is 1. The first-order valence-corrected chi connectivity index (χ1v) is 12.8. The lowest BCUT2D eigenvalue weighted by molar-refractivity contribution is -0.161. The van der Waals surface area contributed by atoms with E-state index in [0.717, 1.165) is 25.7 Å². The van der Waals surface area contributed by atoms with Crippen molar-refractivity contribution in [1.82, 2.24) is 9.80 Å². The number of nitrogens with zero attached hydrogens (tertiary/aromatic N) is 2. The zero-order chi connectivity index (χ0) is 24.6. The lowest BCUT2D eigenvalue weighted by Gasteiger charge is -2.45. The monoisotopic (exact) mass is 468 g/mol. The number of hydrogen-bond donors (Lipinski definition) is 0. The first-order chi connectivity index (χ1) is 17.1. The molecule has 1 aliphatic rings. The Morgan fingerprint density at radius 3 is 1.89 bits per heavy atom. The molecule has 4 nitrogen and oxygen atoms in total. The van der Waals surface area contributed by atoms with Crippen LogP contribution >= 0.6 is 0 Å². The van der Waals surface area contributed by atoms with E-state index in [2.05, 4.69) is 50.2 Å². The zero-order valence-corrected chi connectivity index (χ0v) is 20.8. The molecule has 0 radical (unpaired) electrons. The second kappa shape index (κ2) is 11.8. The third kappa shape index (κ3) is 6.19. The molecule has 1 heterocycles. The number of rotatable bonds is 10. The van der Waals surface area contributed by atoms with Crippen molar-refractivity contribution >= 4 is 11.8 Å². The molecule has 0 bridgehead atoms. The molecular weight excluding hydrogens is 432 g/mol. The molecule has 4 heteroatoms. The SMILES string of the molecule is CCC(C)[C@H](Cc1ccccc1)N1C[C@H](Cc2ccccc2)N(CCc2ccccc2)C(=O)C1=O. The molecule has 1 unspecified atom stereocenters. The Kier molecular flexibility index (Phi) is 8.36. The van der Waals surface area contributed by atoms with Crippen molar-refractivity contribution in [3.63, 3.8) is 0 Å². The summed E-state index contributed by atoms with van der Waals surface area (Å²) in [7, 11) is 0. The maximum atomic E-state index is 13.6. The minimum Gasteiger partial charge on any atom is -0.329 e. The lowest BCUT2D eigenvalue weighted by Crippen LogP contribution is -2.63. The molecular formula is C31H36N2O2. The summed E-state index contributed by atoms with van der Waals surface area (Å²) in [5.74, 6) is -0.432. The van der Waals surface area contributed by atoms with E-state index in [1.165, 1.54) is 16.7 Å². The van der Waals surface area contributed by atoms with Crippen LogP contribution in [0.1, 0.15) is 37.0 Å². The second-order valence-electron chi connectivity index (χ2n) is 9.68. The number of hydrogen-bond acceptors (Lipinski definition) is 2. The van der Waals surface area contributed by atoms with Gasteiger partial charge in [0.2, 0.25) is 0 Å². The van der Waals surface area contributed by atoms with E-state index in [0.29, 0.717) is 19.0 Å². The molecule has 2 amide bonds. The maximum Gasteiger partial charge on any atom is 0.312 e. The van der Waals surface area contributed by atoms with Crippen LogP contribution < -0.4 is 0 Å². The van der Waals surface area contributed by atoms with Crippen LogP contribution in [0.4, 0.5) is 0 Å². The standard InChI is InChI=1S/C31H36N2O2/c1-3-24(2)29(22-27-17-11-6-12-18-27)33-23-28(21-26-15-9-5-10-16-26)32(30(34)31(33)35)20-19-25-13-7-4-8-14-25/h4-18,24,28-29H,3,19-23H2,1-2H3/t24?,28-,29-/m0/s1. The summed E-state index contributed by atoms with van der Waals surface area (Å²) in [5, 5.41) is 0. The van der Waals surface area contributed by atoms with Gasteiger partial charge in [-0.2, -0.15) is 0 Å². The molecule has 0 saturated carbocycles. The van der Waals surface area contributed by atoms with Gasteiger partial charge in [0.25, 0.3) is 0 Å². The molecule has 0 aliphatic carbocycles. The van der Waals surface area contributed by atoms with Gasteiger partial charge in [-0.05, 0) is 41.9 Å². The highest BCUT2D eigenvalue weighted by Gasteiger charge is 2.42. The fourth-order valence-electron chi connectivity index (χ4n) is 5.09. The van der Waals surface area contributed by atoms with E-state index >= 15 is 0 Å². The fraction of sp³-hybridized carbons (Fsp3) is 0.355. The van der Waals surface area contributed by atoms with Gasteiger partial charge < -0.3 is 9.80 Å². The van der Waals surface area contributed by atoms with Gasteiger partial charge in [0, 0.05) is 19.1 Å². The Balaban J connectivity index is 1.60. The van der Waals surface area contributed by atoms with E-state index < -0.39 is 0 Å². The summed E-state index contributed by atoms with van der Waals surface area (Å²) in [6.45, 7) is 5.47. The molecule has 0 spiro atoms. The predicted molar refractivity (Wildman–Crippen MR) is 141 cm³/mol. The van der Waals surface area contributed by atoms with Crippen molar-refractivity contribution < 1.29 is 9.59 Å². The largest absolute Gasteiger partial charge is 0.329 e. The van der Waals surface area contributed by atoms with Crippen molar-refractivity contribution in [3.05, 3.63) is 108 Å². The van der Waals surface area contributed by atoms with Gasteiger partial charge in [0.15, 0.2) is 0 Å².